The van der Waals surface area contributed by atoms with E-state index < -0.39 is 23.8 Å². The number of carbonyl (C=O) groups excluding carboxylic acids is 4. The van der Waals surface area contributed by atoms with Gasteiger partial charge in [0.2, 0.25) is 0 Å². The summed E-state index contributed by atoms with van der Waals surface area (Å²) >= 11 is 0. The average Bonchev–Trinajstić information content (AvgIpc) is 2.90. The molecule has 0 atom stereocenters. The lowest BCUT2D eigenvalue weighted by Gasteiger charge is -2.57. The largest absolute Gasteiger partial charge is 0.482 e. The molecule has 0 spiro atoms. The van der Waals surface area contributed by atoms with E-state index in [-0.39, 0.29) is 23.7 Å². The number of esters is 1. The van der Waals surface area contributed by atoms with Crippen molar-refractivity contribution in [2.45, 2.75) is 63.9 Å². The van der Waals surface area contributed by atoms with Gasteiger partial charge in [-0.2, -0.15) is 0 Å². The van der Waals surface area contributed by atoms with Gasteiger partial charge in [-0.05, 0) is 117 Å². The summed E-state index contributed by atoms with van der Waals surface area (Å²) in [5.41, 5.74) is 2.38. The van der Waals surface area contributed by atoms with E-state index in [0.29, 0.717) is 17.0 Å². The molecule has 0 unspecified atom stereocenters. The SMILES string of the molecule is CC(C)OC(=O)COc1ccc(/C=C2\C(=O)NC(=O)N(c3ccc(C45CC6CC(CC(C6)C4)C5)cc3)C2=O)cc1. The number of carbonyl (C=O) groups is 4. The molecule has 40 heavy (non-hydrogen) atoms. The monoisotopic (exact) mass is 542 g/mol. The number of nitrogens with zero attached hydrogens (tertiary/aromatic N) is 1. The highest BCUT2D eigenvalue weighted by atomic mass is 16.6. The number of rotatable bonds is 7. The van der Waals surface area contributed by atoms with Crippen LogP contribution in [-0.2, 0) is 24.5 Å². The zero-order valence-electron chi connectivity index (χ0n) is 22.9. The third-order valence-electron chi connectivity index (χ3n) is 8.79. The molecular weight excluding hydrogens is 508 g/mol. The molecule has 8 nitrogen and oxygen atoms in total. The minimum atomic E-state index is -0.758. The Kier molecular flexibility index (Phi) is 6.72. The van der Waals surface area contributed by atoms with E-state index in [1.54, 1.807) is 38.1 Å². The molecular formula is C32H34N2O6. The normalized spacial score (nSPS) is 28.3. The van der Waals surface area contributed by atoms with Crippen molar-refractivity contribution in [1.82, 2.24) is 5.32 Å². The van der Waals surface area contributed by atoms with Gasteiger partial charge in [0.25, 0.3) is 11.8 Å². The summed E-state index contributed by atoms with van der Waals surface area (Å²) in [5.74, 6) is 1.02. The lowest BCUT2D eigenvalue weighted by molar-refractivity contribution is -0.149. The third kappa shape index (κ3) is 5.03. The first kappa shape index (κ1) is 26.3. The molecule has 7 rings (SSSR count). The highest BCUT2D eigenvalue weighted by molar-refractivity contribution is 6.39. The van der Waals surface area contributed by atoms with Crippen LogP contribution in [0.2, 0.25) is 0 Å². The standard InChI is InChI=1S/C32H34N2O6/c1-19(2)40-28(35)18-39-26-9-3-20(4-10-26)14-27-29(36)33-31(38)34(30(27)37)25-7-5-24(6-8-25)32-15-21-11-22(16-32)13-23(12-21)17-32/h3-10,14,19,21-23H,11-13,15-18H2,1-2H3,(H,33,36,38)/b27-14+. The first-order valence-corrected chi connectivity index (χ1v) is 14.1. The van der Waals surface area contributed by atoms with Crippen LogP contribution in [0, 0.1) is 17.8 Å². The minimum Gasteiger partial charge on any atom is -0.482 e. The van der Waals surface area contributed by atoms with Crippen molar-refractivity contribution < 1.29 is 28.7 Å². The number of barbiturate groups is 1. The van der Waals surface area contributed by atoms with Crippen LogP contribution >= 0.6 is 0 Å². The number of imide groups is 2. The molecule has 4 amide bonds. The summed E-state index contributed by atoms with van der Waals surface area (Å²) in [7, 11) is 0. The maximum absolute atomic E-state index is 13.4. The zero-order valence-corrected chi connectivity index (χ0v) is 22.9. The Balaban J connectivity index is 1.17. The van der Waals surface area contributed by atoms with Crippen LogP contribution in [0.5, 0.6) is 5.75 Å². The number of ether oxygens (including phenoxy) is 2. The third-order valence-corrected chi connectivity index (χ3v) is 8.79. The molecule has 1 N–H and O–H groups in total. The van der Waals surface area contributed by atoms with Gasteiger partial charge in [0, 0.05) is 0 Å². The van der Waals surface area contributed by atoms with E-state index in [4.69, 9.17) is 9.47 Å². The smallest absolute Gasteiger partial charge is 0.344 e. The van der Waals surface area contributed by atoms with Crippen molar-refractivity contribution in [3.05, 3.63) is 65.2 Å². The first-order chi connectivity index (χ1) is 19.2. The van der Waals surface area contributed by atoms with Gasteiger partial charge in [0.15, 0.2) is 6.61 Å². The second-order valence-electron chi connectivity index (χ2n) is 12.1. The van der Waals surface area contributed by atoms with Gasteiger partial charge in [0.1, 0.15) is 11.3 Å². The number of urea groups is 1. The van der Waals surface area contributed by atoms with Crippen molar-refractivity contribution in [1.29, 1.82) is 0 Å². The predicted molar refractivity (Wildman–Crippen MR) is 148 cm³/mol. The van der Waals surface area contributed by atoms with Crippen LogP contribution in [-0.4, -0.2) is 36.5 Å². The minimum absolute atomic E-state index is 0.140. The maximum atomic E-state index is 13.4. The highest BCUT2D eigenvalue weighted by Gasteiger charge is 2.51. The molecule has 1 saturated heterocycles. The molecule has 2 aromatic rings. The molecule has 5 aliphatic rings. The second-order valence-corrected chi connectivity index (χ2v) is 12.1. The average molecular weight is 543 g/mol. The number of benzene rings is 2. The Bertz CT molecular complexity index is 1340. The molecule has 0 aromatic heterocycles. The molecule has 4 aliphatic carbocycles. The van der Waals surface area contributed by atoms with Gasteiger partial charge >= 0.3 is 12.0 Å². The van der Waals surface area contributed by atoms with Crippen molar-refractivity contribution >= 4 is 35.6 Å². The van der Waals surface area contributed by atoms with Crippen molar-refractivity contribution in [3.63, 3.8) is 0 Å². The molecule has 8 heteroatoms. The van der Waals surface area contributed by atoms with Crippen LogP contribution < -0.4 is 15.0 Å². The fourth-order valence-corrected chi connectivity index (χ4v) is 7.59. The highest BCUT2D eigenvalue weighted by Crippen LogP contribution is 2.60. The van der Waals surface area contributed by atoms with Gasteiger partial charge in [-0.25, -0.2) is 14.5 Å². The van der Waals surface area contributed by atoms with Gasteiger partial charge < -0.3 is 9.47 Å². The van der Waals surface area contributed by atoms with Crippen molar-refractivity contribution in [2.24, 2.45) is 17.8 Å². The number of anilines is 1. The van der Waals surface area contributed by atoms with Crippen LogP contribution in [0.1, 0.15) is 63.5 Å². The second kappa shape index (κ2) is 10.2. The van der Waals surface area contributed by atoms with E-state index >= 15 is 0 Å². The molecule has 1 aliphatic heterocycles. The van der Waals surface area contributed by atoms with E-state index in [1.165, 1.54) is 50.2 Å². The summed E-state index contributed by atoms with van der Waals surface area (Å²) in [6, 6.07) is 13.6. The number of hydrogen-bond acceptors (Lipinski definition) is 6. The van der Waals surface area contributed by atoms with Crippen molar-refractivity contribution in [2.75, 3.05) is 11.5 Å². The first-order valence-electron chi connectivity index (χ1n) is 14.1. The van der Waals surface area contributed by atoms with E-state index in [9.17, 15) is 19.2 Å². The maximum Gasteiger partial charge on any atom is 0.344 e. The molecule has 0 radical (unpaired) electrons. The fourth-order valence-electron chi connectivity index (χ4n) is 7.59. The number of nitrogens with one attached hydrogen (secondary N) is 1. The fraction of sp³-hybridized carbons (Fsp3) is 0.438. The van der Waals surface area contributed by atoms with E-state index in [2.05, 4.69) is 17.4 Å². The molecule has 208 valence electrons. The Morgan fingerprint density at radius 1 is 0.950 bits per heavy atom. The zero-order chi connectivity index (χ0) is 28.0. The molecule has 4 saturated carbocycles. The predicted octanol–water partition coefficient (Wildman–Crippen LogP) is 5.15. The Morgan fingerprint density at radius 2 is 1.55 bits per heavy atom. The lowest BCUT2D eigenvalue weighted by atomic mass is 9.48. The van der Waals surface area contributed by atoms with E-state index in [0.717, 1.165) is 22.7 Å². The molecule has 2 aromatic carbocycles. The molecule has 5 fully saturated rings. The van der Waals surface area contributed by atoms with Crippen LogP contribution in [0.15, 0.2) is 54.1 Å². The summed E-state index contributed by atoms with van der Waals surface area (Å²) in [5, 5.41) is 2.29. The van der Waals surface area contributed by atoms with Crippen LogP contribution in [0.3, 0.4) is 0 Å². The number of amides is 4. The molecule has 4 bridgehead atoms. The summed E-state index contributed by atoms with van der Waals surface area (Å²) in [6.07, 6.45) is 9.01. The topological polar surface area (TPSA) is 102 Å². The molecule has 1 heterocycles. The van der Waals surface area contributed by atoms with Crippen LogP contribution in [0.25, 0.3) is 6.08 Å². The lowest BCUT2D eigenvalue weighted by Crippen LogP contribution is -2.54. The number of hydrogen-bond donors (Lipinski definition) is 1. The quantitative estimate of drug-likeness (QED) is 0.295. The van der Waals surface area contributed by atoms with Gasteiger partial charge in [-0.15, -0.1) is 0 Å². The Morgan fingerprint density at radius 3 is 2.12 bits per heavy atom. The van der Waals surface area contributed by atoms with Crippen LogP contribution in [0.4, 0.5) is 10.5 Å². The Hall–Kier alpha value is -3.94. The Labute approximate surface area is 233 Å². The van der Waals surface area contributed by atoms with E-state index in [1.807, 2.05) is 12.1 Å². The van der Waals surface area contributed by atoms with Crippen molar-refractivity contribution in [3.8, 4) is 5.75 Å². The summed E-state index contributed by atoms with van der Waals surface area (Å²) < 4.78 is 10.5. The van der Waals surface area contributed by atoms with Gasteiger partial charge in [-0.1, -0.05) is 24.3 Å². The van der Waals surface area contributed by atoms with Gasteiger partial charge in [-0.3, -0.25) is 14.9 Å². The van der Waals surface area contributed by atoms with Gasteiger partial charge in [0.05, 0.1) is 11.8 Å². The summed E-state index contributed by atoms with van der Waals surface area (Å²) in [4.78, 5) is 51.5. The summed E-state index contributed by atoms with van der Waals surface area (Å²) in [6.45, 7) is 3.30.